The van der Waals surface area contributed by atoms with Crippen LogP contribution in [-0.2, 0) is 11.8 Å². The number of amides is 2. The van der Waals surface area contributed by atoms with Crippen molar-refractivity contribution in [1.82, 2.24) is 20.1 Å². The van der Waals surface area contributed by atoms with E-state index in [0.29, 0.717) is 22.3 Å². The summed E-state index contributed by atoms with van der Waals surface area (Å²) in [6.45, 7) is 3.78. The van der Waals surface area contributed by atoms with E-state index in [4.69, 9.17) is 4.74 Å². The van der Waals surface area contributed by atoms with Crippen LogP contribution in [0.15, 0.2) is 53.7 Å². The number of ether oxygens (including phenoxy) is 1. The summed E-state index contributed by atoms with van der Waals surface area (Å²) in [6, 6.07) is 14.1. The van der Waals surface area contributed by atoms with E-state index in [9.17, 15) is 9.59 Å². The van der Waals surface area contributed by atoms with Crippen LogP contribution in [0.5, 0.6) is 5.75 Å². The van der Waals surface area contributed by atoms with Gasteiger partial charge in [0, 0.05) is 18.3 Å². The van der Waals surface area contributed by atoms with Crippen molar-refractivity contribution in [2.75, 3.05) is 18.2 Å². The number of hydrogen-bond donors (Lipinski definition) is 2. The van der Waals surface area contributed by atoms with Gasteiger partial charge >= 0.3 is 0 Å². The first-order valence-electron chi connectivity index (χ1n) is 9.71. The molecule has 9 heteroatoms. The number of benzene rings is 2. The van der Waals surface area contributed by atoms with Crippen molar-refractivity contribution in [2.24, 2.45) is 7.05 Å². The average Bonchev–Trinajstić information content (AvgIpc) is 3.14. The number of rotatable bonds is 8. The van der Waals surface area contributed by atoms with Crippen LogP contribution in [0.3, 0.4) is 0 Å². The van der Waals surface area contributed by atoms with Gasteiger partial charge in [0.05, 0.1) is 18.9 Å². The quantitative estimate of drug-likeness (QED) is 0.523. The van der Waals surface area contributed by atoms with Crippen LogP contribution in [-0.4, -0.2) is 39.4 Å². The molecule has 0 fully saturated rings. The van der Waals surface area contributed by atoms with E-state index in [1.54, 1.807) is 35.9 Å². The Kier molecular flexibility index (Phi) is 7.30. The molecular formula is C22H25N5O3S. The number of nitrogens with one attached hydrogen (secondary N) is 2. The first kappa shape index (κ1) is 22.4. The zero-order chi connectivity index (χ0) is 22.4. The zero-order valence-corrected chi connectivity index (χ0v) is 18.7. The highest BCUT2D eigenvalue weighted by atomic mass is 32.2. The standard InChI is InChI=1S/C22H25N5O3S/c1-14-7-5-6-8-18(14)24-19(28)13-31-22-26-25-20(27(22)3)15(2)23-21(29)16-9-11-17(30-4)12-10-16/h5-12,15H,13H2,1-4H3,(H,23,29)(H,24,28). The van der Waals surface area contributed by atoms with Gasteiger partial charge < -0.3 is 19.9 Å². The number of anilines is 1. The van der Waals surface area contributed by atoms with E-state index in [1.165, 1.54) is 11.8 Å². The fourth-order valence-electron chi connectivity index (χ4n) is 2.95. The molecule has 0 saturated carbocycles. The van der Waals surface area contributed by atoms with E-state index < -0.39 is 0 Å². The molecule has 0 aliphatic heterocycles. The monoisotopic (exact) mass is 439 g/mol. The van der Waals surface area contributed by atoms with E-state index in [-0.39, 0.29) is 23.6 Å². The van der Waals surface area contributed by atoms with Crippen molar-refractivity contribution in [3.63, 3.8) is 0 Å². The summed E-state index contributed by atoms with van der Waals surface area (Å²) in [7, 11) is 3.39. The van der Waals surface area contributed by atoms with Gasteiger partial charge in [0.2, 0.25) is 5.91 Å². The van der Waals surface area contributed by atoms with Crippen molar-refractivity contribution < 1.29 is 14.3 Å². The van der Waals surface area contributed by atoms with Crippen LogP contribution in [0, 0.1) is 6.92 Å². The van der Waals surface area contributed by atoms with Crippen LogP contribution in [0.2, 0.25) is 0 Å². The van der Waals surface area contributed by atoms with Crippen molar-refractivity contribution >= 4 is 29.3 Å². The number of nitrogens with zero attached hydrogens (tertiary/aromatic N) is 3. The molecule has 0 saturated heterocycles. The number of methoxy groups -OCH3 is 1. The molecular weight excluding hydrogens is 414 g/mol. The molecule has 3 rings (SSSR count). The van der Waals surface area contributed by atoms with Crippen molar-refractivity contribution in [2.45, 2.75) is 25.0 Å². The molecule has 1 heterocycles. The number of para-hydroxylation sites is 1. The van der Waals surface area contributed by atoms with Crippen LogP contribution in [0.4, 0.5) is 5.69 Å². The second-order valence-electron chi connectivity index (χ2n) is 6.98. The van der Waals surface area contributed by atoms with Crippen LogP contribution < -0.4 is 15.4 Å². The highest BCUT2D eigenvalue weighted by molar-refractivity contribution is 7.99. The number of thioether (sulfide) groups is 1. The molecule has 0 spiro atoms. The molecule has 1 unspecified atom stereocenters. The molecule has 0 radical (unpaired) electrons. The van der Waals surface area contributed by atoms with E-state index in [0.717, 1.165) is 11.3 Å². The molecule has 0 aliphatic rings. The Bertz CT molecular complexity index is 1070. The molecule has 31 heavy (non-hydrogen) atoms. The van der Waals surface area contributed by atoms with Gasteiger partial charge in [-0.25, -0.2) is 0 Å². The predicted octanol–water partition coefficient (Wildman–Crippen LogP) is 3.35. The summed E-state index contributed by atoms with van der Waals surface area (Å²) in [5.41, 5.74) is 2.32. The maximum Gasteiger partial charge on any atom is 0.251 e. The summed E-state index contributed by atoms with van der Waals surface area (Å²) < 4.78 is 6.89. The highest BCUT2D eigenvalue weighted by Gasteiger charge is 2.19. The summed E-state index contributed by atoms with van der Waals surface area (Å²) in [6.07, 6.45) is 0. The molecule has 2 N–H and O–H groups in total. The topological polar surface area (TPSA) is 98.1 Å². The van der Waals surface area contributed by atoms with E-state index in [1.807, 2.05) is 45.2 Å². The third kappa shape index (κ3) is 5.64. The smallest absolute Gasteiger partial charge is 0.251 e. The van der Waals surface area contributed by atoms with Crippen molar-refractivity contribution in [3.05, 3.63) is 65.5 Å². The van der Waals surface area contributed by atoms with Gasteiger partial charge in [-0.15, -0.1) is 10.2 Å². The molecule has 2 amide bonds. The van der Waals surface area contributed by atoms with Gasteiger partial charge in [-0.05, 0) is 49.7 Å². The van der Waals surface area contributed by atoms with Gasteiger partial charge in [-0.2, -0.15) is 0 Å². The lowest BCUT2D eigenvalue weighted by atomic mass is 10.2. The molecule has 0 bridgehead atoms. The SMILES string of the molecule is COc1ccc(C(=O)NC(C)c2nnc(SCC(=O)Nc3ccccc3C)n2C)cc1. The first-order chi connectivity index (χ1) is 14.9. The Morgan fingerprint density at radius 2 is 1.84 bits per heavy atom. The lowest BCUT2D eigenvalue weighted by Gasteiger charge is -2.14. The third-order valence-corrected chi connectivity index (χ3v) is 5.73. The highest BCUT2D eigenvalue weighted by Crippen LogP contribution is 2.21. The Labute approximate surface area is 185 Å². The summed E-state index contributed by atoms with van der Waals surface area (Å²) in [4.78, 5) is 24.8. The molecule has 2 aromatic carbocycles. The Morgan fingerprint density at radius 1 is 1.13 bits per heavy atom. The number of carbonyl (C=O) groups excluding carboxylic acids is 2. The van der Waals surface area contributed by atoms with Crippen molar-refractivity contribution in [3.8, 4) is 5.75 Å². The summed E-state index contributed by atoms with van der Waals surface area (Å²) in [5, 5.41) is 14.8. The van der Waals surface area contributed by atoms with Crippen LogP contribution in [0.25, 0.3) is 0 Å². The van der Waals surface area contributed by atoms with Gasteiger partial charge in [0.1, 0.15) is 5.75 Å². The maximum absolute atomic E-state index is 12.5. The minimum atomic E-state index is -0.359. The van der Waals surface area contributed by atoms with Gasteiger partial charge in [-0.1, -0.05) is 30.0 Å². The Balaban J connectivity index is 1.57. The molecule has 3 aromatic rings. The van der Waals surface area contributed by atoms with Crippen molar-refractivity contribution in [1.29, 1.82) is 0 Å². The third-order valence-electron chi connectivity index (χ3n) is 4.71. The van der Waals surface area contributed by atoms with E-state index in [2.05, 4.69) is 20.8 Å². The summed E-state index contributed by atoms with van der Waals surface area (Å²) >= 11 is 1.29. The molecule has 0 aliphatic carbocycles. The summed E-state index contributed by atoms with van der Waals surface area (Å²) in [5.74, 6) is 1.15. The average molecular weight is 440 g/mol. The molecule has 1 atom stereocenters. The van der Waals surface area contributed by atoms with Gasteiger partial charge in [-0.3, -0.25) is 9.59 Å². The molecule has 162 valence electrons. The Hall–Kier alpha value is -3.33. The second kappa shape index (κ2) is 10.1. The fraction of sp³-hybridized carbons (Fsp3) is 0.273. The van der Waals surface area contributed by atoms with E-state index >= 15 is 0 Å². The minimum Gasteiger partial charge on any atom is -0.497 e. The largest absolute Gasteiger partial charge is 0.497 e. The fourth-order valence-corrected chi connectivity index (χ4v) is 3.66. The predicted molar refractivity (Wildman–Crippen MR) is 120 cm³/mol. The van der Waals surface area contributed by atoms with Crippen LogP contribution >= 0.6 is 11.8 Å². The number of carbonyl (C=O) groups is 2. The lowest BCUT2D eigenvalue weighted by molar-refractivity contribution is -0.113. The lowest BCUT2D eigenvalue weighted by Crippen LogP contribution is -2.28. The zero-order valence-electron chi connectivity index (χ0n) is 17.9. The molecule has 1 aromatic heterocycles. The molecule has 8 nitrogen and oxygen atoms in total. The number of aromatic nitrogens is 3. The first-order valence-corrected chi connectivity index (χ1v) is 10.7. The number of aryl methyl sites for hydroxylation is 1. The van der Waals surface area contributed by atoms with Gasteiger partial charge in [0.25, 0.3) is 5.91 Å². The minimum absolute atomic E-state index is 0.121. The van der Waals surface area contributed by atoms with Crippen LogP contribution in [0.1, 0.15) is 34.7 Å². The normalized spacial score (nSPS) is 11.6. The maximum atomic E-state index is 12.5. The second-order valence-corrected chi connectivity index (χ2v) is 7.92. The number of hydrogen-bond acceptors (Lipinski definition) is 6. The Morgan fingerprint density at radius 3 is 2.52 bits per heavy atom. The van der Waals surface area contributed by atoms with Gasteiger partial charge in [0.15, 0.2) is 11.0 Å².